The summed E-state index contributed by atoms with van der Waals surface area (Å²) in [4.78, 5) is 6.64. The van der Waals surface area contributed by atoms with Crippen molar-refractivity contribution in [2.45, 2.75) is 42.4 Å². The highest BCUT2D eigenvalue weighted by Crippen LogP contribution is 2.36. The summed E-state index contributed by atoms with van der Waals surface area (Å²) in [6.07, 6.45) is 11.7. The van der Waals surface area contributed by atoms with E-state index >= 15 is 0 Å². The van der Waals surface area contributed by atoms with Crippen LogP contribution in [0.4, 0.5) is 5.69 Å². The molecular formula is C28H30N4OS. The summed E-state index contributed by atoms with van der Waals surface area (Å²) in [6, 6.07) is 20.6. The summed E-state index contributed by atoms with van der Waals surface area (Å²) >= 11 is 1.73. The molecule has 0 bridgehead atoms. The number of H-pyrrole nitrogens is 1. The van der Waals surface area contributed by atoms with Crippen molar-refractivity contribution >= 4 is 40.5 Å². The number of allylic oxidation sites excluding steroid dienone is 2. The number of aromatic amines is 1. The molecular weight excluding hydrogens is 440 g/mol. The van der Waals surface area contributed by atoms with Crippen LogP contribution in [0.15, 0.2) is 88.4 Å². The average Bonchev–Trinajstić information content (AvgIpc) is 3.27. The highest BCUT2D eigenvalue weighted by molar-refractivity contribution is 7.99. The number of aliphatic hydroxyl groups excluding tert-OH is 1. The Morgan fingerprint density at radius 3 is 2.76 bits per heavy atom. The van der Waals surface area contributed by atoms with Crippen LogP contribution in [-0.4, -0.2) is 26.9 Å². The van der Waals surface area contributed by atoms with Gasteiger partial charge in [0.15, 0.2) is 0 Å². The fourth-order valence-corrected chi connectivity index (χ4v) is 4.64. The standard InChI is InChI=1S/C28H30N4OS/c1-2-9-22(11-6-8-19-33)30-26-12-3-4-13-28(26)34-23-15-16-24-25(31-32-27(24)20-23)17-14-21-10-5-7-18-29-21/h3-5,7,9-10,12-18,20,30,33H,2,6,8,11,19H2,1H3,(H,31,32)/b17-14+,22-9?. The summed E-state index contributed by atoms with van der Waals surface area (Å²) in [7, 11) is 0. The van der Waals surface area contributed by atoms with Crippen molar-refractivity contribution in [2.24, 2.45) is 0 Å². The van der Waals surface area contributed by atoms with Gasteiger partial charge in [0.2, 0.25) is 0 Å². The van der Waals surface area contributed by atoms with Crippen LogP contribution in [0.25, 0.3) is 23.1 Å². The zero-order valence-electron chi connectivity index (χ0n) is 19.4. The minimum atomic E-state index is 0.239. The molecule has 0 aliphatic rings. The molecule has 4 aromatic rings. The fraction of sp³-hybridized carbons (Fsp3) is 0.214. The molecule has 0 fully saturated rings. The number of hydrogen-bond acceptors (Lipinski definition) is 5. The van der Waals surface area contributed by atoms with Gasteiger partial charge >= 0.3 is 0 Å². The van der Waals surface area contributed by atoms with Gasteiger partial charge in [0.25, 0.3) is 0 Å². The molecule has 0 unspecified atom stereocenters. The Hall–Kier alpha value is -3.35. The number of benzene rings is 2. The third-order valence-corrected chi connectivity index (χ3v) is 6.44. The molecule has 0 atom stereocenters. The zero-order chi connectivity index (χ0) is 23.6. The molecule has 5 nitrogen and oxygen atoms in total. The van der Waals surface area contributed by atoms with Gasteiger partial charge in [-0.15, -0.1) is 0 Å². The van der Waals surface area contributed by atoms with Crippen molar-refractivity contribution in [3.8, 4) is 0 Å². The molecule has 3 N–H and O–H groups in total. The van der Waals surface area contributed by atoms with Crippen LogP contribution in [0.3, 0.4) is 0 Å². The van der Waals surface area contributed by atoms with Gasteiger partial charge in [0.1, 0.15) is 0 Å². The van der Waals surface area contributed by atoms with E-state index in [1.807, 2.05) is 30.4 Å². The first-order valence-corrected chi connectivity index (χ1v) is 12.5. The molecule has 0 spiro atoms. The lowest BCUT2D eigenvalue weighted by Crippen LogP contribution is -2.01. The maximum atomic E-state index is 9.11. The summed E-state index contributed by atoms with van der Waals surface area (Å²) in [5.41, 5.74) is 5.11. The van der Waals surface area contributed by atoms with E-state index in [0.29, 0.717) is 0 Å². The lowest BCUT2D eigenvalue weighted by molar-refractivity contribution is 0.284. The van der Waals surface area contributed by atoms with E-state index in [0.717, 1.165) is 58.6 Å². The van der Waals surface area contributed by atoms with Gasteiger partial charge in [0, 0.05) is 33.7 Å². The van der Waals surface area contributed by atoms with Crippen molar-refractivity contribution in [2.75, 3.05) is 11.9 Å². The van der Waals surface area contributed by atoms with Crippen LogP contribution < -0.4 is 5.32 Å². The highest BCUT2D eigenvalue weighted by atomic mass is 32.2. The second kappa shape index (κ2) is 12.2. The van der Waals surface area contributed by atoms with E-state index in [1.54, 1.807) is 18.0 Å². The normalized spacial score (nSPS) is 12.0. The maximum absolute atomic E-state index is 9.11. The predicted octanol–water partition coefficient (Wildman–Crippen LogP) is 7.15. The Kier molecular flexibility index (Phi) is 8.54. The highest BCUT2D eigenvalue weighted by Gasteiger charge is 2.09. The topological polar surface area (TPSA) is 73.8 Å². The number of anilines is 1. The Labute approximate surface area is 205 Å². The molecule has 0 saturated heterocycles. The van der Waals surface area contributed by atoms with E-state index < -0.39 is 0 Å². The first kappa shape index (κ1) is 23.8. The van der Waals surface area contributed by atoms with Crippen LogP contribution in [0.5, 0.6) is 0 Å². The van der Waals surface area contributed by atoms with E-state index in [2.05, 4.69) is 76.0 Å². The first-order chi connectivity index (χ1) is 16.8. The molecule has 0 saturated carbocycles. The zero-order valence-corrected chi connectivity index (χ0v) is 20.2. The molecule has 2 heterocycles. The number of hydrogen-bond donors (Lipinski definition) is 3. The fourth-order valence-electron chi connectivity index (χ4n) is 3.70. The molecule has 6 heteroatoms. The maximum Gasteiger partial charge on any atom is 0.0928 e. The third kappa shape index (κ3) is 6.37. The second-order valence-corrected chi connectivity index (χ2v) is 9.06. The number of aromatic nitrogens is 3. The smallest absolute Gasteiger partial charge is 0.0928 e. The molecule has 0 aliphatic heterocycles. The molecule has 0 radical (unpaired) electrons. The molecule has 0 amide bonds. The summed E-state index contributed by atoms with van der Waals surface area (Å²) < 4.78 is 0. The van der Waals surface area contributed by atoms with Crippen molar-refractivity contribution in [1.82, 2.24) is 15.2 Å². The van der Waals surface area contributed by atoms with Gasteiger partial charge < -0.3 is 10.4 Å². The third-order valence-electron chi connectivity index (χ3n) is 5.38. The number of para-hydroxylation sites is 1. The Morgan fingerprint density at radius 2 is 1.94 bits per heavy atom. The van der Waals surface area contributed by atoms with Gasteiger partial charge in [-0.3, -0.25) is 10.1 Å². The number of aliphatic hydroxyl groups is 1. The Balaban J connectivity index is 1.51. The number of rotatable bonds is 11. The van der Waals surface area contributed by atoms with Gasteiger partial charge in [-0.05, 0) is 80.3 Å². The van der Waals surface area contributed by atoms with Crippen LogP contribution >= 0.6 is 11.8 Å². The van der Waals surface area contributed by atoms with Gasteiger partial charge in [-0.2, -0.15) is 5.10 Å². The van der Waals surface area contributed by atoms with Crippen molar-refractivity contribution < 1.29 is 5.11 Å². The van der Waals surface area contributed by atoms with Crippen molar-refractivity contribution in [3.05, 3.63) is 90.0 Å². The molecule has 2 aromatic carbocycles. The van der Waals surface area contributed by atoms with Crippen LogP contribution in [0.2, 0.25) is 0 Å². The average molecular weight is 471 g/mol. The summed E-state index contributed by atoms with van der Waals surface area (Å²) in [5, 5.41) is 21.5. The van der Waals surface area contributed by atoms with Crippen molar-refractivity contribution in [3.63, 3.8) is 0 Å². The molecule has 0 aliphatic carbocycles. The molecule has 4 rings (SSSR count). The minimum absolute atomic E-state index is 0.239. The summed E-state index contributed by atoms with van der Waals surface area (Å²) in [6.45, 7) is 2.39. The predicted molar refractivity (Wildman–Crippen MR) is 143 cm³/mol. The largest absolute Gasteiger partial charge is 0.396 e. The van der Waals surface area contributed by atoms with E-state index in [1.165, 1.54) is 10.6 Å². The van der Waals surface area contributed by atoms with E-state index in [9.17, 15) is 0 Å². The van der Waals surface area contributed by atoms with Gasteiger partial charge in [-0.25, -0.2) is 0 Å². The molecule has 174 valence electrons. The lowest BCUT2D eigenvalue weighted by atomic mass is 10.1. The Morgan fingerprint density at radius 1 is 1.06 bits per heavy atom. The SMILES string of the molecule is CCC=C(CCCCO)Nc1ccccc1Sc1ccc2c(/C=C/c3ccccn3)n[nH]c2c1. The van der Waals surface area contributed by atoms with Crippen LogP contribution in [0, 0.1) is 0 Å². The Bertz CT molecular complexity index is 1260. The van der Waals surface area contributed by atoms with Crippen LogP contribution in [0.1, 0.15) is 44.0 Å². The minimum Gasteiger partial charge on any atom is -0.396 e. The van der Waals surface area contributed by atoms with Gasteiger partial charge in [0.05, 0.1) is 22.6 Å². The second-order valence-electron chi connectivity index (χ2n) is 7.95. The molecule has 2 aromatic heterocycles. The van der Waals surface area contributed by atoms with Gasteiger partial charge in [-0.1, -0.05) is 43.0 Å². The number of nitrogens with zero attached hydrogens (tertiary/aromatic N) is 2. The monoisotopic (exact) mass is 470 g/mol. The number of unbranched alkanes of at least 4 members (excludes halogenated alkanes) is 1. The van der Waals surface area contributed by atoms with E-state index in [-0.39, 0.29) is 6.61 Å². The quantitative estimate of drug-likeness (QED) is 0.203. The lowest BCUT2D eigenvalue weighted by Gasteiger charge is -2.15. The number of fused-ring (bicyclic) bond motifs is 1. The van der Waals surface area contributed by atoms with E-state index in [4.69, 9.17) is 5.11 Å². The number of nitrogens with one attached hydrogen (secondary N) is 2. The number of pyridine rings is 1. The van der Waals surface area contributed by atoms with Crippen molar-refractivity contribution in [1.29, 1.82) is 0 Å². The van der Waals surface area contributed by atoms with Crippen LogP contribution in [-0.2, 0) is 0 Å². The summed E-state index contributed by atoms with van der Waals surface area (Å²) in [5.74, 6) is 0. The first-order valence-electron chi connectivity index (χ1n) is 11.7. The molecule has 34 heavy (non-hydrogen) atoms.